The standard InChI is InChI=1S/C10H5F4N5S/c11-6-2-1-4(15)3-5(6)7-18-19-8(10(12,13)14)16-17-9(19)20-7/h1-3H,15H2. The van der Waals surface area contributed by atoms with E-state index in [1.54, 1.807) is 0 Å². The first-order valence-electron chi connectivity index (χ1n) is 5.21. The van der Waals surface area contributed by atoms with Gasteiger partial charge in [0, 0.05) is 5.69 Å². The molecule has 0 fully saturated rings. The maximum absolute atomic E-state index is 13.7. The van der Waals surface area contributed by atoms with E-state index in [9.17, 15) is 17.6 Å². The molecule has 0 aliphatic rings. The second-order valence-corrected chi connectivity index (χ2v) is 4.82. The molecule has 0 radical (unpaired) electrons. The number of nitrogens with zero attached hydrogens (tertiary/aromatic N) is 4. The Morgan fingerprint density at radius 1 is 1.20 bits per heavy atom. The van der Waals surface area contributed by atoms with Crippen molar-refractivity contribution >= 4 is 22.0 Å². The number of nitrogen functional groups attached to an aromatic ring is 1. The summed E-state index contributed by atoms with van der Waals surface area (Å²) < 4.78 is 52.2. The molecule has 1 aromatic carbocycles. The van der Waals surface area contributed by atoms with Gasteiger partial charge in [0.05, 0.1) is 5.56 Å². The molecule has 3 rings (SSSR count). The van der Waals surface area contributed by atoms with Crippen LogP contribution in [0, 0.1) is 5.82 Å². The molecule has 0 unspecified atom stereocenters. The van der Waals surface area contributed by atoms with E-state index in [-0.39, 0.29) is 21.2 Å². The van der Waals surface area contributed by atoms with E-state index in [0.29, 0.717) is 4.52 Å². The number of nitrogens with two attached hydrogens (primary N) is 1. The van der Waals surface area contributed by atoms with Crippen molar-refractivity contribution in [1.82, 2.24) is 19.8 Å². The van der Waals surface area contributed by atoms with Crippen LogP contribution in [-0.2, 0) is 6.18 Å². The van der Waals surface area contributed by atoms with E-state index in [0.717, 1.165) is 17.4 Å². The summed E-state index contributed by atoms with van der Waals surface area (Å²) in [5.74, 6) is -1.88. The van der Waals surface area contributed by atoms with E-state index < -0.39 is 17.8 Å². The Morgan fingerprint density at radius 2 is 1.95 bits per heavy atom. The maximum Gasteiger partial charge on any atom is 0.453 e. The van der Waals surface area contributed by atoms with Crippen LogP contribution in [0.2, 0.25) is 0 Å². The number of fused-ring (bicyclic) bond motifs is 1. The molecule has 0 saturated heterocycles. The van der Waals surface area contributed by atoms with Crippen LogP contribution in [0.5, 0.6) is 0 Å². The monoisotopic (exact) mass is 303 g/mol. The second-order valence-electron chi connectivity index (χ2n) is 3.86. The molecule has 0 aliphatic heterocycles. The van der Waals surface area contributed by atoms with Gasteiger partial charge in [0.15, 0.2) is 5.01 Å². The summed E-state index contributed by atoms with van der Waals surface area (Å²) in [6.45, 7) is 0. The lowest BCUT2D eigenvalue weighted by Crippen LogP contribution is -2.11. The van der Waals surface area contributed by atoms with Gasteiger partial charge in [0.25, 0.3) is 5.82 Å². The minimum atomic E-state index is -4.68. The Hall–Kier alpha value is -2.23. The van der Waals surface area contributed by atoms with Crippen molar-refractivity contribution < 1.29 is 17.6 Å². The normalized spacial score (nSPS) is 12.2. The number of rotatable bonds is 1. The fourth-order valence-electron chi connectivity index (χ4n) is 1.61. The van der Waals surface area contributed by atoms with Gasteiger partial charge in [0.2, 0.25) is 4.96 Å². The molecule has 5 nitrogen and oxygen atoms in total. The van der Waals surface area contributed by atoms with Crippen molar-refractivity contribution in [3.05, 3.63) is 29.8 Å². The minimum Gasteiger partial charge on any atom is -0.399 e. The summed E-state index contributed by atoms with van der Waals surface area (Å²) in [6, 6.07) is 3.77. The van der Waals surface area contributed by atoms with Crippen LogP contribution >= 0.6 is 11.3 Å². The van der Waals surface area contributed by atoms with Crippen molar-refractivity contribution in [3.8, 4) is 10.6 Å². The van der Waals surface area contributed by atoms with E-state index in [1.165, 1.54) is 12.1 Å². The molecule has 2 N–H and O–H groups in total. The highest BCUT2D eigenvalue weighted by Crippen LogP contribution is 2.33. The molecule has 2 aromatic heterocycles. The Balaban J connectivity index is 2.19. The van der Waals surface area contributed by atoms with Gasteiger partial charge >= 0.3 is 6.18 Å². The Bertz CT molecular complexity index is 791. The quantitative estimate of drug-likeness (QED) is 0.554. The van der Waals surface area contributed by atoms with Crippen molar-refractivity contribution in [2.24, 2.45) is 0 Å². The Kier molecular flexibility index (Phi) is 2.64. The zero-order valence-electron chi connectivity index (χ0n) is 9.52. The number of aromatic nitrogens is 4. The first kappa shape index (κ1) is 12.8. The van der Waals surface area contributed by atoms with Crippen LogP contribution in [0.3, 0.4) is 0 Å². The summed E-state index contributed by atoms with van der Waals surface area (Å²) in [7, 11) is 0. The van der Waals surface area contributed by atoms with Gasteiger partial charge in [-0.3, -0.25) is 0 Å². The highest BCUT2D eigenvalue weighted by Gasteiger charge is 2.38. The molecule has 104 valence electrons. The molecule has 20 heavy (non-hydrogen) atoms. The summed E-state index contributed by atoms with van der Waals surface area (Å²) >= 11 is 0.793. The maximum atomic E-state index is 13.7. The van der Waals surface area contributed by atoms with Crippen LogP contribution in [0.25, 0.3) is 15.5 Å². The average Bonchev–Trinajstić information content (AvgIpc) is 2.89. The predicted octanol–water partition coefficient (Wildman–Crippen LogP) is 2.59. The molecule has 2 heterocycles. The van der Waals surface area contributed by atoms with Crippen molar-refractivity contribution in [3.63, 3.8) is 0 Å². The third-order valence-electron chi connectivity index (χ3n) is 2.47. The summed E-state index contributed by atoms with van der Waals surface area (Å²) in [6.07, 6.45) is -4.68. The molecule has 10 heteroatoms. The Labute approximate surface area is 112 Å². The SMILES string of the molecule is Nc1ccc(F)c(-c2nn3c(C(F)(F)F)nnc3s2)c1. The van der Waals surface area contributed by atoms with Gasteiger partial charge in [-0.05, 0) is 18.2 Å². The molecule has 0 bridgehead atoms. The molecule has 0 saturated carbocycles. The van der Waals surface area contributed by atoms with Crippen LogP contribution in [-0.4, -0.2) is 19.8 Å². The summed E-state index contributed by atoms with van der Waals surface area (Å²) in [5, 5.41) is 10.1. The summed E-state index contributed by atoms with van der Waals surface area (Å²) in [5.41, 5.74) is 5.83. The largest absolute Gasteiger partial charge is 0.453 e. The third kappa shape index (κ3) is 1.97. The lowest BCUT2D eigenvalue weighted by Gasteiger charge is -2.01. The predicted molar refractivity (Wildman–Crippen MR) is 63.5 cm³/mol. The fraction of sp³-hybridized carbons (Fsp3) is 0.100. The minimum absolute atomic E-state index is 0.0219. The van der Waals surface area contributed by atoms with Crippen molar-refractivity contribution in [2.75, 3.05) is 5.73 Å². The van der Waals surface area contributed by atoms with Crippen LogP contribution in [0.15, 0.2) is 18.2 Å². The smallest absolute Gasteiger partial charge is 0.399 e. The average molecular weight is 303 g/mol. The highest BCUT2D eigenvalue weighted by molar-refractivity contribution is 7.19. The Morgan fingerprint density at radius 3 is 2.65 bits per heavy atom. The number of anilines is 1. The van der Waals surface area contributed by atoms with E-state index in [1.807, 2.05) is 0 Å². The van der Waals surface area contributed by atoms with Crippen molar-refractivity contribution in [2.45, 2.75) is 6.18 Å². The number of halogens is 4. The number of hydrogen-bond acceptors (Lipinski definition) is 5. The molecule has 0 spiro atoms. The van der Waals surface area contributed by atoms with E-state index in [2.05, 4.69) is 15.3 Å². The zero-order chi connectivity index (χ0) is 14.5. The number of hydrogen-bond donors (Lipinski definition) is 1. The van der Waals surface area contributed by atoms with Crippen LogP contribution in [0.4, 0.5) is 23.2 Å². The van der Waals surface area contributed by atoms with Gasteiger partial charge in [-0.25, -0.2) is 4.39 Å². The lowest BCUT2D eigenvalue weighted by molar-refractivity contribution is -0.146. The fourth-order valence-corrected chi connectivity index (χ4v) is 2.47. The van der Waals surface area contributed by atoms with Crippen molar-refractivity contribution in [1.29, 1.82) is 0 Å². The number of alkyl halides is 3. The van der Waals surface area contributed by atoms with Gasteiger partial charge in [-0.1, -0.05) is 11.3 Å². The van der Waals surface area contributed by atoms with E-state index in [4.69, 9.17) is 5.73 Å². The van der Waals surface area contributed by atoms with Gasteiger partial charge in [-0.2, -0.15) is 22.8 Å². The zero-order valence-corrected chi connectivity index (χ0v) is 10.3. The first-order valence-corrected chi connectivity index (χ1v) is 6.03. The molecule has 3 aromatic rings. The lowest BCUT2D eigenvalue weighted by atomic mass is 10.2. The third-order valence-corrected chi connectivity index (χ3v) is 3.40. The molecule has 0 aliphatic carbocycles. The van der Waals surface area contributed by atoms with Crippen LogP contribution in [0.1, 0.15) is 5.82 Å². The molecular formula is C10H5F4N5S. The molecule has 0 amide bonds. The van der Waals surface area contributed by atoms with Gasteiger partial charge in [0.1, 0.15) is 5.82 Å². The first-order chi connectivity index (χ1) is 9.36. The van der Waals surface area contributed by atoms with Gasteiger partial charge in [-0.15, -0.1) is 10.2 Å². The van der Waals surface area contributed by atoms with E-state index >= 15 is 0 Å². The molecular weight excluding hydrogens is 298 g/mol. The highest BCUT2D eigenvalue weighted by atomic mass is 32.1. The number of benzene rings is 1. The topological polar surface area (TPSA) is 69.1 Å². The van der Waals surface area contributed by atoms with Crippen LogP contribution < -0.4 is 5.73 Å². The molecule has 0 atom stereocenters. The summed E-state index contributed by atoms with van der Waals surface area (Å²) in [4.78, 5) is -0.0749. The second kappa shape index (κ2) is 4.13. The van der Waals surface area contributed by atoms with Gasteiger partial charge < -0.3 is 5.73 Å².